The van der Waals surface area contributed by atoms with Crippen LogP contribution in [0.25, 0.3) is 0 Å². The van der Waals surface area contributed by atoms with Gasteiger partial charge < -0.3 is 15.2 Å². The summed E-state index contributed by atoms with van der Waals surface area (Å²) in [6, 6.07) is 3.09. The maximum absolute atomic E-state index is 11.9. The van der Waals surface area contributed by atoms with Crippen LogP contribution in [-0.4, -0.2) is 23.6 Å². The third-order valence-corrected chi connectivity index (χ3v) is 3.02. The van der Waals surface area contributed by atoms with Crippen LogP contribution in [0, 0.1) is 5.92 Å². The number of pyridine rings is 1. The fourth-order valence-corrected chi connectivity index (χ4v) is 1.99. The van der Waals surface area contributed by atoms with Gasteiger partial charge >= 0.3 is 0 Å². The van der Waals surface area contributed by atoms with E-state index in [0.29, 0.717) is 5.69 Å². The predicted molar refractivity (Wildman–Crippen MR) is 65.9 cm³/mol. The average molecular weight is 235 g/mol. The minimum Gasteiger partial charge on any atom is -0.325 e. The van der Waals surface area contributed by atoms with Crippen molar-refractivity contribution in [3.63, 3.8) is 0 Å². The Morgan fingerprint density at radius 1 is 1.53 bits per heavy atom. The highest BCUT2D eigenvalue weighted by atomic mass is 16.2. The molecule has 1 aromatic heterocycles. The summed E-state index contributed by atoms with van der Waals surface area (Å²) >= 11 is 0. The fraction of sp³-hybridized carbons (Fsp3) is 0.500. The van der Waals surface area contributed by atoms with E-state index in [1.165, 1.54) is 10.6 Å². The number of piperidine rings is 1. The van der Waals surface area contributed by atoms with Crippen molar-refractivity contribution in [1.82, 2.24) is 9.88 Å². The number of amides is 1. The van der Waals surface area contributed by atoms with Gasteiger partial charge in [0, 0.05) is 25.9 Å². The van der Waals surface area contributed by atoms with Crippen molar-refractivity contribution in [3.8, 4) is 0 Å². The average Bonchev–Trinajstić information content (AvgIpc) is 2.35. The van der Waals surface area contributed by atoms with Gasteiger partial charge in [-0.05, 0) is 25.5 Å². The van der Waals surface area contributed by atoms with Crippen molar-refractivity contribution < 1.29 is 4.79 Å². The molecule has 0 aliphatic carbocycles. The molecule has 17 heavy (non-hydrogen) atoms. The number of nitrogens with one attached hydrogen (secondary N) is 2. The molecule has 1 amide bonds. The van der Waals surface area contributed by atoms with Crippen LogP contribution in [0.4, 0.5) is 5.69 Å². The quantitative estimate of drug-likeness (QED) is 0.776. The second kappa shape index (κ2) is 5.14. The Kier molecular flexibility index (Phi) is 3.58. The number of nitrogens with zero attached hydrogens (tertiary/aromatic N) is 1. The van der Waals surface area contributed by atoms with Gasteiger partial charge in [0.25, 0.3) is 0 Å². The highest BCUT2D eigenvalue weighted by Crippen LogP contribution is 2.13. The Morgan fingerprint density at radius 3 is 3.00 bits per heavy atom. The van der Waals surface area contributed by atoms with Gasteiger partial charge in [0.2, 0.25) is 11.5 Å². The van der Waals surface area contributed by atoms with E-state index in [4.69, 9.17) is 0 Å². The number of aromatic nitrogens is 1. The van der Waals surface area contributed by atoms with Crippen LogP contribution in [0.3, 0.4) is 0 Å². The van der Waals surface area contributed by atoms with Crippen molar-refractivity contribution in [3.05, 3.63) is 28.7 Å². The van der Waals surface area contributed by atoms with Crippen LogP contribution in [0.1, 0.15) is 12.8 Å². The SMILES string of the molecule is Cn1cc(NC(=O)[C@H]2CCCNC2)ccc1=O. The Balaban J connectivity index is 2.02. The van der Waals surface area contributed by atoms with E-state index in [9.17, 15) is 9.59 Å². The zero-order valence-corrected chi connectivity index (χ0v) is 9.90. The predicted octanol–water partition coefficient (Wildman–Crippen LogP) is 0.323. The van der Waals surface area contributed by atoms with Crippen LogP contribution >= 0.6 is 0 Å². The first-order chi connectivity index (χ1) is 8.16. The summed E-state index contributed by atoms with van der Waals surface area (Å²) in [6.07, 6.45) is 3.59. The molecule has 1 atom stereocenters. The molecule has 0 aromatic carbocycles. The molecule has 1 aliphatic heterocycles. The summed E-state index contributed by atoms with van der Waals surface area (Å²) in [5, 5.41) is 6.05. The monoisotopic (exact) mass is 235 g/mol. The molecule has 5 nitrogen and oxygen atoms in total. The van der Waals surface area contributed by atoms with E-state index in [1.807, 2.05) is 0 Å². The summed E-state index contributed by atoms with van der Waals surface area (Å²) in [5.41, 5.74) is 0.588. The van der Waals surface area contributed by atoms with Crippen LogP contribution in [0.15, 0.2) is 23.1 Å². The highest BCUT2D eigenvalue weighted by molar-refractivity contribution is 5.92. The summed E-state index contributed by atoms with van der Waals surface area (Å²) in [4.78, 5) is 23.1. The van der Waals surface area contributed by atoms with E-state index in [2.05, 4.69) is 10.6 Å². The largest absolute Gasteiger partial charge is 0.325 e. The van der Waals surface area contributed by atoms with E-state index in [-0.39, 0.29) is 17.4 Å². The van der Waals surface area contributed by atoms with Gasteiger partial charge in [0.15, 0.2) is 0 Å². The zero-order valence-electron chi connectivity index (χ0n) is 9.90. The molecule has 2 rings (SSSR count). The Morgan fingerprint density at radius 2 is 2.35 bits per heavy atom. The molecule has 92 valence electrons. The first-order valence-electron chi connectivity index (χ1n) is 5.85. The van der Waals surface area contributed by atoms with Crippen LogP contribution < -0.4 is 16.2 Å². The van der Waals surface area contributed by atoms with Gasteiger partial charge in [-0.1, -0.05) is 0 Å². The minimum atomic E-state index is -0.0812. The fourth-order valence-electron chi connectivity index (χ4n) is 1.99. The van der Waals surface area contributed by atoms with E-state index >= 15 is 0 Å². The van der Waals surface area contributed by atoms with Gasteiger partial charge in [-0.15, -0.1) is 0 Å². The van der Waals surface area contributed by atoms with E-state index < -0.39 is 0 Å². The number of hydrogen-bond donors (Lipinski definition) is 2. The maximum Gasteiger partial charge on any atom is 0.250 e. The number of aryl methyl sites for hydroxylation is 1. The molecule has 0 bridgehead atoms. The van der Waals surface area contributed by atoms with Crippen molar-refractivity contribution in [1.29, 1.82) is 0 Å². The highest BCUT2D eigenvalue weighted by Gasteiger charge is 2.20. The first-order valence-corrected chi connectivity index (χ1v) is 5.85. The molecule has 0 unspecified atom stereocenters. The smallest absolute Gasteiger partial charge is 0.250 e. The lowest BCUT2D eigenvalue weighted by atomic mass is 9.99. The molecular weight excluding hydrogens is 218 g/mol. The van der Waals surface area contributed by atoms with E-state index in [1.54, 1.807) is 19.3 Å². The summed E-state index contributed by atoms with van der Waals surface area (Å²) in [6.45, 7) is 1.72. The van der Waals surface area contributed by atoms with Crippen LogP contribution in [0.5, 0.6) is 0 Å². The van der Waals surface area contributed by atoms with Gasteiger partial charge in [-0.2, -0.15) is 0 Å². The second-order valence-corrected chi connectivity index (χ2v) is 4.40. The summed E-state index contributed by atoms with van der Waals surface area (Å²) in [5.74, 6) is 0.0526. The number of anilines is 1. The lowest BCUT2D eigenvalue weighted by Gasteiger charge is -2.21. The van der Waals surface area contributed by atoms with Gasteiger partial charge in [0.05, 0.1) is 11.6 Å². The summed E-state index contributed by atoms with van der Waals surface area (Å²) in [7, 11) is 1.67. The summed E-state index contributed by atoms with van der Waals surface area (Å²) < 4.78 is 1.45. The number of rotatable bonds is 2. The molecule has 1 aromatic rings. The molecule has 0 saturated carbocycles. The van der Waals surface area contributed by atoms with Crippen molar-refractivity contribution in [2.24, 2.45) is 13.0 Å². The van der Waals surface area contributed by atoms with Crippen molar-refractivity contribution >= 4 is 11.6 Å². The van der Waals surface area contributed by atoms with Crippen molar-refractivity contribution in [2.75, 3.05) is 18.4 Å². The normalized spacial score (nSPS) is 19.9. The first kappa shape index (κ1) is 11.9. The molecule has 0 radical (unpaired) electrons. The molecule has 1 saturated heterocycles. The zero-order chi connectivity index (χ0) is 12.3. The Bertz CT molecular complexity index is 461. The maximum atomic E-state index is 11.9. The number of hydrogen-bond acceptors (Lipinski definition) is 3. The van der Waals surface area contributed by atoms with Crippen molar-refractivity contribution in [2.45, 2.75) is 12.8 Å². The topological polar surface area (TPSA) is 63.1 Å². The van der Waals surface area contributed by atoms with E-state index in [0.717, 1.165) is 25.9 Å². The van der Waals surface area contributed by atoms with Gasteiger partial charge in [0.1, 0.15) is 0 Å². The Labute approximate surface area is 99.8 Å². The molecule has 1 fully saturated rings. The molecule has 2 heterocycles. The lowest BCUT2D eigenvalue weighted by molar-refractivity contribution is -0.120. The molecule has 2 N–H and O–H groups in total. The lowest BCUT2D eigenvalue weighted by Crippen LogP contribution is -2.37. The van der Waals surface area contributed by atoms with Gasteiger partial charge in [-0.25, -0.2) is 0 Å². The second-order valence-electron chi connectivity index (χ2n) is 4.40. The molecule has 0 spiro atoms. The van der Waals surface area contributed by atoms with Gasteiger partial charge in [-0.3, -0.25) is 9.59 Å². The number of carbonyl (C=O) groups excluding carboxylic acids is 1. The molecule has 5 heteroatoms. The Hall–Kier alpha value is -1.62. The van der Waals surface area contributed by atoms with Crippen LogP contribution in [-0.2, 0) is 11.8 Å². The third kappa shape index (κ3) is 2.94. The van der Waals surface area contributed by atoms with Crippen LogP contribution in [0.2, 0.25) is 0 Å². The number of carbonyl (C=O) groups is 1. The standard InChI is InChI=1S/C12H17N3O2/c1-15-8-10(4-5-11(15)16)14-12(17)9-3-2-6-13-7-9/h4-5,8-9,13H,2-3,6-7H2,1H3,(H,14,17)/t9-/m0/s1. The molecule has 1 aliphatic rings. The third-order valence-electron chi connectivity index (χ3n) is 3.02. The molecular formula is C12H17N3O2. The minimum absolute atomic E-state index is 0.0239.